The normalized spacial score (nSPS) is 10.1. The summed E-state index contributed by atoms with van der Waals surface area (Å²) in [5.74, 6) is -0.277. The highest BCUT2D eigenvalue weighted by Crippen LogP contribution is 2.24. The van der Waals surface area contributed by atoms with Crippen molar-refractivity contribution in [3.8, 4) is 0 Å². The van der Waals surface area contributed by atoms with Crippen molar-refractivity contribution in [2.75, 3.05) is 23.8 Å². The zero-order valence-corrected chi connectivity index (χ0v) is 10.3. The van der Waals surface area contributed by atoms with Gasteiger partial charge in [0.1, 0.15) is 0 Å². The minimum absolute atomic E-state index is 0.268. The number of rotatable bonds is 4. The summed E-state index contributed by atoms with van der Waals surface area (Å²) in [4.78, 5) is 13.9. The molecule has 0 fully saturated rings. The van der Waals surface area contributed by atoms with Crippen LogP contribution in [0.4, 0.5) is 11.4 Å². The second kappa shape index (κ2) is 5.31. The Morgan fingerprint density at radius 3 is 2.89 bits per heavy atom. The fourth-order valence-corrected chi connectivity index (χ4v) is 1.58. The van der Waals surface area contributed by atoms with Crippen molar-refractivity contribution in [3.63, 3.8) is 0 Å². The Balaban J connectivity index is 2.21. The Morgan fingerprint density at radius 2 is 2.22 bits per heavy atom. The summed E-state index contributed by atoms with van der Waals surface area (Å²) in [5, 5.41) is 12.6. The molecule has 1 aromatic carbocycles. The summed E-state index contributed by atoms with van der Waals surface area (Å²) in [5.41, 5.74) is 2.00. The number of amides is 1. The fourth-order valence-electron chi connectivity index (χ4n) is 1.58. The molecule has 1 aromatic heterocycles. The Labute approximate surface area is 105 Å². The van der Waals surface area contributed by atoms with Crippen molar-refractivity contribution in [2.45, 2.75) is 6.92 Å². The molecule has 0 aliphatic rings. The van der Waals surface area contributed by atoms with E-state index in [0.717, 1.165) is 17.9 Å². The highest BCUT2D eigenvalue weighted by molar-refractivity contribution is 6.04. The lowest BCUT2D eigenvalue weighted by Gasteiger charge is -2.20. The van der Waals surface area contributed by atoms with Gasteiger partial charge >= 0.3 is 0 Å². The van der Waals surface area contributed by atoms with Crippen LogP contribution in [0.2, 0.25) is 0 Å². The van der Waals surface area contributed by atoms with E-state index in [1.807, 2.05) is 31.3 Å². The maximum absolute atomic E-state index is 11.9. The molecule has 18 heavy (non-hydrogen) atoms. The molecule has 0 spiro atoms. The first-order valence-corrected chi connectivity index (χ1v) is 5.69. The second-order valence-electron chi connectivity index (χ2n) is 3.84. The van der Waals surface area contributed by atoms with Crippen LogP contribution in [0.3, 0.4) is 0 Å². The molecule has 0 aliphatic heterocycles. The van der Waals surface area contributed by atoms with E-state index < -0.39 is 0 Å². The van der Waals surface area contributed by atoms with Gasteiger partial charge in [0.05, 0.1) is 17.6 Å². The largest absolute Gasteiger partial charge is 0.373 e. The van der Waals surface area contributed by atoms with Crippen LogP contribution in [0, 0.1) is 0 Å². The summed E-state index contributed by atoms with van der Waals surface area (Å²) in [7, 11) is 1.97. The molecule has 6 heteroatoms. The zero-order chi connectivity index (χ0) is 13.0. The van der Waals surface area contributed by atoms with Gasteiger partial charge in [0.15, 0.2) is 5.69 Å². The molecule has 94 valence electrons. The number of anilines is 2. The molecule has 0 bridgehead atoms. The number of nitrogens with one attached hydrogen (secondary N) is 2. The maximum Gasteiger partial charge on any atom is 0.277 e. The number of hydrogen-bond acceptors (Lipinski definition) is 4. The van der Waals surface area contributed by atoms with E-state index in [4.69, 9.17) is 0 Å². The molecule has 0 saturated carbocycles. The Hall–Kier alpha value is -2.37. The van der Waals surface area contributed by atoms with E-state index >= 15 is 0 Å². The third-order valence-corrected chi connectivity index (χ3v) is 2.69. The zero-order valence-electron chi connectivity index (χ0n) is 10.3. The predicted octanol–water partition coefficient (Wildman–Crippen LogP) is 1.51. The van der Waals surface area contributed by atoms with E-state index in [2.05, 4.69) is 32.6 Å². The van der Waals surface area contributed by atoms with Gasteiger partial charge in [0, 0.05) is 13.6 Å². The molecule has 2 rings (SSSR count). The third-order valence-electron chi connectivity index (χ3n) is 2.69. The average molecular weight is 245 g/mol. The summed E-state index contributed by atoms with van der Waals surface area (Å²) in [6.45, 7) is 2.91. The Morgan fingerprint density at radius 1 is 1.44 bits per heavy atom. The first-order valence-electron chi connectivity index (χ1n) is 5.69. The number of carbonyl (C=O) groups excluding carboxylic acids is 1. The molecule has 2 N–H and O–H groups in total. The molecule has 0 saturated heterocycles. The lowest BCUT2D eigenvalue weighted by Crippen LogP contribution is -2.20. The van der Waals surface area contributed by atoms with Gasteiger partial charge in [0.2, 0.25) is 0 Å². The number of aromatic amines is 1. The van der Waals surface area contributed by atoms with Gasteiger partial charge < -0.3 is 10.2 Å². The SMILES string of the molecule is CCN(C)c1ccccc1NC(=O)c1cn[nH]n1. The third kappa shape index (κ3) is 2.48. The lowest BCUT2D eigenvalue weighted by molar-refractivity contribution is 0.102. The number of hydrogen-bond donors (Lipinski definition) is 2. The van der Waals surface area contributed by atoms with Crippen LogP contribution in [0.5, 0.6) is 0 Å². The van der Waals surface area contributed by atoms with Crippen LogP contribution < -0.4 is 10.2 Å². The van der Waals surface area contributed by atoms with Crippen molar-refractivity contribution in [3.05, 3.63) is 36.2 Å². The monoisotopic (exact) mass is 245 g/mol. The average Bonchev–Trinajstić information content (AvgIpc) is 2.92. The molecule has 2 aromatic rings. The van der Waals surface area contributed by atoms with Gasteiger partial charge in [-0.2, -0.15) is 15.4 Å². The first kappa shape index (κ1) is 12.1. The van der Waals surface area contributed by atoms with Crippen molar-refractivity contribution < 1.29 is 4.79 Å². The summed E-state index contributed by atoms with van der Waals surface area (Å²) in [6.07, 6.45) is 1.39. The predicted molar refractivity (Wildman–Crippen MR) is 69.7 cm³/mol. The lowest BCUT2D eigenvalue weighted by atomic mass is 10.2. The van der Waals surface area contributed by atoms with Crippen molar-refractivity contribution in [1.82, 2.24) is 15.4 Å². The number of carbonyl (C=O) groups is 1. The van der Waals surface area contributed by atoms with Gasteiger partial charge in [-0.15, -0.1) is 0 Å². The molecule has 0 radical (unpaired) electrons. The Kier molecular flexibility index (Phi) is 3.57. The quantitative estimate of drug-likeness (QED) is 0.856. The number of nitrogens with zero attached hydrogens (tertiary/aromatic N) is 3. The number of para-hydroxylation sites is 2. The van der Waals surface area contributed by atoms with Gasteiger partial charge in [-0.05, 0) is 19.1 Å². The minimum atomic E-state index is -0.277. The van der Waals surface area contributed by atoms with Crippen molar-refractivity contribution >= 4 is 17.3 Å². The minimum Gasteiger partial charge on any atom is -0.373 e. The van der Waals surface area contributed by atoms with Crippen LogP contribution in [-0.4, -0.2) is 34.9 Å². The fraction of sp³-hybridized carbons (Fsp3) is 0.250. The van der Waals surface area contributed by atoms with E-state index in [9.17, 15) is 4.79 Å². The van der Waals surface area contributed by atoms with Crippen molar-refractivity contribution in [2.24, 2.45) is 0 Å². The number of benzene rings is 1. The van der Waals surface area contributed by atoms with Gasteiger partial charge in [-0.3, -0.25) is 4.79 Å². The van der Waals surface area contributed by atoms with Crippen LogP contribution in [0.25, 0.3) is 0 Å². The molecular formula is C12H15N5O. The summed E-state index contributed by atoms with van der Waals surface area (Å²) >= 11 is 0. The standard InChI is InChI=1S/C12H15N5O/c1-3-17(2)11-7-5-4-6-9(11)14-12(18)10-8-13-16-15-10/h4-8H,3H2,1-2H3,(H,14,18)(H,13,15,16). The number of aromatic nitrogens is 3. The van der Waals surface area contributed by atoms with E-state index in [1.54, 1.807) is 0 Å². The van der Waals surface area contributed by atoms with Crippen molar-refractivity contribution in [1.29, 1.82) is 0 Å². The highest BCUT2D eigenvalue weighted by atomic mass is 16.2. The maximum atomic E-state index is 11.9. The highest BCUT2D eigenvalue weighted by Gasteiger charge is 2.12. The molecule has 1 heterocycles. The van der Waals surface area contributed by atoms with Gasteiger partial charge in [-0.25, -0.2) is 0 Å². The molecule has 0 unspecified atom stereocenters. The van der Waals surface area contributed by atoms with Gasteiger partial charge in [-0.1, -0.05) is 12.1 Å². The molecular weight excluding hydrogens is 230 g/mol. The second-order valence-corrected chi connectivity index (χ2v) is 3.84. The van der Waals surface area contributed by atoms with E-state index in [0.29, 0.717) is 0 Å². The molecule has 6 nitrogen and oxygen atoms in total. The van der Waals surface area contributed by atoms with Crippen LogP contribution in [0.15, 0.2) is 30.5 Å². The summed E-state index contributed by atoms with van der Waals surface area (Å²) < 4.78 is 0. The molecule has 0 aliphatic carbocycles. The van der Waals surface area contributed by atoms with E-state index in [1.165, 1.54) is 6.20 Å². The first-order chi connectivity index (χ1) is 8.72. The topological polar surface area (TPSA) is 73.9 Å². The summed E-state index contributed by atoms with van der Waals surface area (Å²) in [6, 6.07) is 7.64. The van der Waals surface area contributed by atoms with Crippen LogP contribution in [0.1, 0.15) is 17.4 Å². The number of H-pyrrole nitrogens is 1. The van der Waals surface area contributed by atoms with E-state index in [-0.39, 0.29) is 11.6 Å². The van der Waals surface area contributed by atoms with Gasteiger partial charge in [0.25, 0.3) is 5.91 Å². The Bertz CT molecular complexity index is 523. The van der Waals surface area contributed by atoms with Crippen LogP contribution >= 0.6 is 0 Å². The smallest absolute Gasteiger partial charge is 0.277 e. The molecule has 0 atom stereocenters. The van der Waals surface area contributed by atoms with Crippen LogP contribution in [-0.2, 0) is 0 Å². The molecule has 1 amide bonds.